The molecule has 0 amide bonds. The fraction of sp³-hybridized carbons (Fsp3) is 0.222. The number of hydrogen-bond acceptors (Lipinski definition) is 6. The van der Waals surface area contributed by atoms with E-state index in [-0.39, 0.29) is 11.4 Å². The molecule has 0 aliphatic carbocycles. The number of rotatable bonds is 3. The number of tetrazole rings is 1. The molecule has 7 nitrogen and oxygen atoms in total. The van der Waals surface area contributed by atoms with Gasteiger partial charge in [0.1, 0.15) is 11.6 Å². The maximum Gasteiger partial charge on any atom is 0.247 e. The van der Waals surface area contributed by atoms with E-state index in [0.717, 1.165) is 0 Å². The van der Waals surface area contributed by atoms with Crippen LogP contribution in [-0.2, 0) is 7.05 Å². The maximum absolute atomic E-state index is 13.3. The topological polar surface area (TPSA) is 90.9 Å². The lowest BCUT2D eigenvalue weighted by molar-refractivity contribution is 0.414. The molecule has 0 atom stereocenters. The Kier molecular flexibility index (Phi) is 2.77. The molecule has 0 saturated heterocycles. The minimum atomic E-state index is -0.464. The van der Waals surface area contributed by atoms with Crippen molar-refractivity contribution in [2.75, 3.05) is 18.2 Å². The molecule has 1 heterocycles. The highest BCUT2D eigenvalue weighted by Crippen LogP contribution is 2.32. The van der Waals surface area contributed by atoms with E-state index in [4.69, 9.17) is 10.5 Å². The Morgan fingerprint density at radius 2 is 2.24 bits per heavy atom. The zero-order valence-corrected chi connectivity index (χ0v) is 9.31. The molecule has 0 fully saturated rings. The number of nitrogen functional groups attached to an aromatic ring is 1. The minimum absolute atomic E-state index is 0.252. The van der Waals surface area contributed by atoms with Gasteiger partial charge in [0.2, 0.25) is 5.95 Å². The summed E-state index contributed by atoms with van der Waals surface area (Å²) in [6, 6.07) is 2.45. The van der Waals surface area contributed by atoms with Gasteiger partial charge in [0.05, 0.1) is 18.5 Å². The third-order valence-electron chi connectivity index (χ3n) is 2.19. The number of anilines is 3. The summed E-state index contributed by atoms with van der Waals surface area (Å²) in [7, 11) is 3.06. The van der Waals surface area contributed by atoms with Gasteiger partial charge in [-0.05, 0) is 16.5 Å². The third-order valence-corrected chi connectivity index (χ3v) is 2.19. The number of ether oxygens (including phenoxy) is 1. The highest BCUT2D eigenvalue weighted by molar-refractivity contribution is 5.75. The quantitative estimate of drug-likeness (QED) is 0.764. The molecule has 0 bridgehead atoms. The molecule has 1 aromatic heterocycles. The van der Waals surface area contributed by atoms with Crippen molar-refractivity contribution < 1.29 is 9.13 Å². The van der Waals surface area contributed by atoms with Crippen molar-refractivity contribution in [3.8, 4) is 5.75 Å². The van der Waals surface area contributed by atoms with Gasteiger partial charge in [-0.25, -0.2) is 9.07 Å². The van der Waals surface area contributed by atoms with Crippen LogP contribution in [0.25, 0.3) is 0 Å². The number of methoxy groups -OCH3 is 1. The van der Waals surface area contributed by atoms with Gasteiger partial charge >= 0.3 is 0 Å². The summed E-state index contributed by atoms with van der Waals surface area (Å²) in [5.41, 5.74) is 6.43. The highest BCUT2D eigenvalue weighted by Gasteiger charge is 2.11. The molecule has 90 valence electrons. The predicted octanol–water partition coefficient (Wildman–Crippen LogP) is 0.684. The largest absolute Gasteiger partial charge is 0.494 e. The van der Waals surface area contributed by atoms with E-state index in [9.17, 15) is 4.39 Å². The molecular weight excluding hydrogens is 227 g/mol. The molecule has 8 heteroatoms. The van der Waals surface area contributed by atoms with Crippen molar-refractivity contribution in [3.05, 3.63) is 17.9 Å². The van der Waals surface area contributed by atoms with Gasteiger partial charge in [-0.1, -0.05) is 5.10 Å². The summed E-state index contributed by atoms with van der Waals surface area (Å²) in [6.45, 7) is 0. The Morgan fingerprint density at radius 3 is 2.82 bits per heavy atom. The van der Waals surface area contributed by atoms with E-state index < -0.39 is 5.82 Å². The molecule has 2 rings (SSSR count). The van der Waals surface area contributed by atoms with Crippen molar-refractivity contribution in [1.29, 1.82) is 0 Å². The molecule has 3 N–H and O–H groups in total. The number of aromatic nitrogens is 4. The molecule has 0 spiro atoms. The molecule has 0 radical (unpaired) electrons. The van der Waals surface area contributed by atoms with Crippen LogP contribution in [0.4, 0.5) is 21.7 Å². The number of nitrogens with zero attached hydrogens (tertiary/aromatic N) is 4. The number of benzene rings is 1. The second kappa shape index (κ2) is 4.24. The molecule has 17 heavy (non-hydrogen) atoms. The number of nitrogens with one attached hydrogen (secondary N) is 1. The third kappa shape index (κ3) is 2.10. The number of halogens is 1. The normalized spacial score (nSPS) is 10.3. The fourth-order valence-corrected chi connectivity index (χ4v) is 1.32. The summed E-state index contributed by atoms with van der Waals surface area (Å²) < 4.78 is 19.6. The van der Waals surface area contributed by atoms with Gasteiger partial charge in [0.25, 0.3) is 0 Å². The van der Waals surface area contributed by atoms with Crippen LogP contribution < -0.4 is 15.8 Å². The molecule has 0 saturated carbocycles. The monoisotopic (exact) mass is 238 g/mol. The van der Waals surface area contributed by atoms with Crippen LogP contribution in [0.5, 0.6) is 5.75 Å². The molecule has 0 aliphatic rings. The Hall–Kier alpha value is -2.38. The van der Waals surface area contributed by atoms with Crippen molar-refractivity contribution in [2.45, 2.75) is 0 Å². The number of aryl methyl sites for hydroxylation is 1. The molecule has 0 aliphatic heterocycles. The smallest absolute Gasteiger partial charge is 0.247 e. The first kappa shape index (κ1) is 11.1. The Labute approximate surface area is 96.4 Å². The minimum Gasteiger partial charge on any atom is -0.494 e. The van der Waals surface area contributed by atoms with E-state index in [0.29, 0.717) is 11.6 Å². The van der Waals surface area contributed by atoms with Gasteiger partial charge in [0, 0.05) is 13.1 Å². The van der Waals surface area contributed by atoms with Gasteiger partial charge < -0.3 is 15.8 Å². The van der Waals surface area contributed by atoms with Gasteiger partial charge in [-0.2, -0.15) is 0 Å². The molecule has 0 unspecified atom stereocenters. The van der Waals surface area contributed by atoms with Crippen molar-refractivity contribution >= 4 is 17.3 Å². The second-order valence-corrected chi connectivity index (χ2v) is 3.32. The van der Waals surface area contributed by atoms with Gasteiger partial charge in [-0.3, -0.25) is 0 Å². The Balaban J connectivity index is 2.39. The molecule has 2 aromatic rings. The summed E-state index contributed by atoms with van der Waals surface area (Å²) in [5.74, 6) is 0.139. The standard InChI is InChI=1S/C9H11FN6O/c1-16-9(13-14-15-16)12-6-3-5(10)4-7(17-2)8(6)11/h3-4H,11H2,1-2H3,(H,12,13,15). The number of nitrogens with two attached hydrogens (primary N) is 1. The summed E-state index contributed by atoms with van der Waals surface area (Å²) in [5, 5.41) is 13.6. The van der Waals surface area contributed by atoms with E-state index >= 15 is 0 Å². The van der Waals surface area contributed by atoms with E-state index in [2.05, 4.69) is 20.8 Å². The van der Waals surface area contributed by atoms with Crippen LogP contribution in [-0.4, -0.2) is 27.3 Å². The van der Waals surface area contributed by atoms with Crippen LogP contribution in [0.15, 0.2) is 12.1 Å². The van der Waals surface area contributed by atoms with Crippen LogP contribution in [0.1, 0.15) is 0 Å². The van der Waals surface area contributed by atoms with E-state index in [1.807, 2.05) is 0 Å². The number of hydrogen-bond donors (Lipinski definition) is 2. The van der Waals surface area contributed by atoms with Crippen molar-refractivity contribution in [3.63, 3.8) is 0 Å². The van der Waals surface area contributed by atoms with Crippen LogP contribution in [0.2, 0.25) is 0 Å². The van der Waals surface area contributed by atoms with E-state index in [1.165, 1.54) is 23.9 Å². The highest BCUT2D eigenvalue weighted by atomic mass is 19.1. The SMILES string of the molecule is COc1cc(F)cc(Nc2nnnn2C)c1N. The average molecular weight is 238 g/mol. The molecule has 1 aromatic carbocycles. The van der Waals surface area contributed by atoms with Gasteiger partial charge in [0.15, 0.2) is 0 Å². The molecular formula is C9H11FN6O. The second-order valence-electron chi connectivity index (χ2n) is 3.32. The Morgan fingerprint density at radius 1 is 1.47 bits per heavy atom. The van der Waals surface area contributed by atoms with Crippen molar-refractivity contribution in [2.24, 2.45) is 7.05 Å². The lowest BCUT2D eigenvalue weighted by Crippen LogP contribution is -2.04. The average Bonchev–Trinajstić information content (AvgIpc) is 2.69. The zero-order valence-electron chi connectivity index (χ0n) is 9.31. The summed E-state index contributed by atoms with van der Waals surface area (Å²) in [6.07, 6.45) is 0. The lowest BCUT2D eigenvalue weighted by atomic mass is 10.2. The zero-order chi connectivity index (χ0) is 12.4. The van der Waals surface area contributed by atoms with Crippen LogP contribution in [0.3, 0.4) is 0 Å². The lowest BCUT2D eigenvalue weighted by Gasteiger charge is -2.11. The van der Waals surface area contributed by atoms with Gasteiger partial charge in [-0.15, -0.1) is 0 Å². The van der Waals surface area contributed by atoms with Crippen LogP contribution in [0, 0.1) is 5.82 Å². The predicted molar refractivity (Wildman–Crippen MR) is 59.4 cm³/mol. The fourth-order valence-electron chi connectivity index (χ4n) is 1.32. The van der Waals surface area contributed by atoms with E-state index in [1.54, 1.807) is 7.05 Å². The first-order chi connectivity index (χ1) is 8.11. The first-order valence-corrected chi connectivity index (χ1v) is 4.74. The van der Waals surface area contributed by atoms with Crippen molar-refractivity contribution in [1.82, 2.24) is 20.2 Å². The maximum atomic E-state index is 13.3. The first-order valence-electron chi connectivity index (χ1n) is 4.74. The summed E-state index contributed by atoms with van der Waals surface area (Å²) in [4.78, 5) is 0. The Bertz CT molecular complexity index is 540. The van der Waals surface area contributed by atoms with Crippen LogP contribution >= 0.6 is 0 Å². The summed E-state index contributed by atoms with van der Waals surface area (Å²) >= 11 is 0.